The molecule has 3 rings (SSSR count). The molecular formula is C15H8Br2FNO. The lowest BCUT2D eigenvalue weighted by atomic mass is 10.2. The van der Waals surface area contributed by atoms with Gasteiger partial charge < -0.3 is 4.74 Å². The Kier molecular flexibility index (Phi) is 3.72. The van der Waals surface area contributed by atoms with E-state index in [1.165, 1.54) is 6.07 Å². The molecule has 1 aromatic heterocycles. The van der Waals surface area contributed by atoms with Gasteiger partial charge in [-0.2, -0.15) is 0 Å². The smallest absolute Gasteiger partial charge is 0.227 e. The quantitative estimate of drug-likeness (QED) is 0.555. The number of fused-ring (bicyclic) bond motifs is 1. The fraction of sp³-hybridized carbons (Fsp3) is 0. The molecular weight excluding hydrogens is 389 g/mol. The van der Waals surface area contributed by atoms with Gasteiger partial charge in [0.15, 0.2) is 0 Å². The van der Waals surface area contributed by atoms with Crippen LogP contribution < -0.4 is 4.74 Å². The normalized spacial score (nSPS) is 10.8. The van der Waals surface area contributed by atoms with Crippen molar-refractivity contribution in [3.63, 3.8) is 0 Å². The summed E-state index contributed by atoms with van der Waals surface area (Å²) in [6.07, 6.45) is 1.68. The number of pyridine rings is 1. The lowest BCUT2D eigenvalue weighted by molar-refractivity contribution is 0.467. The maximum Gasteiger partial charge on any atom is 0.227 e. The second kappa shape index (κ2) is 5.50. The van der Waals surface area contributed by atoms with Crippen molar-refractivity contribution < 1.29 is 9.13 Å². The summed E-state index contributed by atoms with van der Waals surface area (Å²) < 4.78 is 20.3. The minimum Gasteiger partial charge on any atom is -0.438 e. The van der Waals surface area contributed by atoms with Gasteiger partial charge in [-0.05, 0) is 52.3 Å². The molecule has 0 fully saturated rings. The number of halogens is 3. The predicted octanol–water partition coefficient (Wildman–Crippen LogP) is 5.69. The van der Waals surface area contributed by atoms with Crippen LogP contribution >= 0.6 is 31.9 Å². The molecule has 0 unspecified atom stereocenters. The third kappa shape index (κ3) is 2.55. The first kappa shape index (κ1) is 13.5. The Hall–Kier alpha value is -1.46. The van der Waals surface area contributed by atoms with Crippen LogP contribution in [-0.4, -0.2) is 4.98 Å². The van der Waals surface area contributed by atoms with E-state index in [2.05, 4.69) is 36.8 Å². The second-order valence-electron chi connectivity index (χ2n) is 4.13. The van der Waals surface area contributed by atoms with Crippen molar-refractivity contribution in [2.75, 3.05) is 0 Å². The van der Waals surface area contributed by atoms with Crippen molar-refractivity contribution in [3.8, 4) is 11.6 Å². The fourth-order valence-corrected chi connectivity index (χ4v) is 2.73. The molecule has 2 nitrogen and oxygen atoms in total. The van der Waals surface area contributed by atoms with Gasteiger partial charge in [-0.15, -0.1) is 0 Å². The molecule has 0 radical (unpaired) electrons. The zero-order chi connectivity index (χ0) is 14.1. The van der Waals surface area contributed by atoms with Crippen LogP contribution in [0.5, 0.6) is 11.6 Å². The maximum atomic E-state index is 13.2. The number of hydrogen-bond acceptors (Lipinski definition) is 2. The number of benzene rings is 2. The highest BCUT2D eigenvalue weighted by molar-refractivity contribution is 9.11. The molecule has 5 heteroatoms. The maximum absolute atomic E-state index is 13.2. The molecule has 0 aliphatic heterocycles. The first-order valence-electron chi connectivity index (χ1n) is 5.81. The molecule has 0 saturated carbocycles. The SMILES string of the molecule is Fc1ccc(Oc2nccc3c(Br)cccc23)cc1Br. The summed E-state index contributed by atoms with van der Waals surface area (Å²) in [7, 11) is 0. The van der Waals surface area contributed by atoms with E-state index in [0.717, 1.165) is 15.2 Å². The first-order valence-corrected chi connectivity index (χ1v) is 7.40. The molecule has 2 aromatic carbocycles. The van der Waals surface area contributed by atoms with E-state index in [4.69, 9.17) is 4.74 Å². The molecule has 0 atom stereocenters. The standard InChI is InChI=1S/C15H8Br2FNO/c16-12-3-1-2-11-10(12)6-7-19-15(11)20-9-4-5-14(18)13(17)8-9/h1-8H. The molecule has 0 aliphatic rings. The molecule has 1 heterocycles. The summed E-state index contributed by atoms with van der Waals surface area (Å²) in [4.78, 5) is 4.24. The Balaban J connectivity index is 2.06. The number of rotatable bonds is 2. The second-order valence-corrected chi connectivity index (χ2v) is 5.84. The number of nitrogens with zero attached hydrogens (tertiary/aromatic N) is 1. The molecule has 0 N–H and O–H groups in total. The van der Waals surface area contributed by atoms with E-state index in [1.807, 2.05) is 24.3 Å². The minimum atomic E-state index is -0.328. The molecule has 0 amide bonds. The Morgan fingerprint density at radius 1 is 0.950 bits per heavy atom. The van der Waals surface area contributed by atoms with Crippen molar-refractivity contribution in [2.24, 2.45) is 0 Å². The molecule has 3 aromatic rings. The van der Waals surface area contributed by atoms with Crippen LogP contribution in [0.25, 0.3) is 10.8 Å². The summed E-state index contributed by atoms with van der Waals surface area (Å²) in [6.45, 7) is 0. The fourth-order valence-electron chi connectivity index (χ4n) is 1.88. The Labute approximate surface area is 131 Å². The van der Waals surface area contributed by atoms with Crippen molar-refractivity contribution in [1.82, 2.24) is 4.98 Å². The van der Waals surface area contributed by atoms with E-state index < -0.39 is 0 Å². The van der Waals surface area contributed by atoms with E-state index in [-0.39, 0.29) is 5.82 Å². The molecule has 20 heavy (non-hydrogen) atoms. The van der Waals surface area contributed by atoms with Crippen LogP contribution in [0.3, 0.4) is 0 Å². The summed E-state index contributed by atoms with van der Waals surface area (Å²) in [5.41, 5.74) is 0. The average molecular weight is 397 g/mol. The van der Waals surface area contributed by atoms with Crippen LogP contribution in [0.2, 0.25) is 0 Å². The van der Waals surface area contributed by atoms with Gasteiger partial charge in [0.1, 0.15) is 11.6 Å². The highest BCUT2D eigenvalue weighted by Gasteiger charge is 2.08. The van der Waals surface area contributed by atoms with Gasteiger partial charge in [-0.1, -0.05) is 22.0 Å². The molecule has 0 saturated heterocycles. The molecule has 100 valence electrons. The van der Waals surface area contributed by atoms with Gasteiger partial charge in [-0.25, -0.2) is 9.37 Å². The van der Waals surface area contributed by atoms with Crippen LogP contribution in [0, 0.1) is 5.82 Å². The van der Waals surface area contributed by atoms with Crippen LogP contribution in [0.15, 0.2) is 57.6 Å². The summed E-state index contributed by atoms with van der Waals surface area (Å²) >= 11 is 6.64. The lowest BCUT2D eigenvalue weighted by Crippen LogP contribution is -1.90. The van der Waals surface area contributed by atoms with Gasteiger partial charge in [0.25, 0.3) is 0 Å². The topological polar surface area (TPSA) is 22.1 Å². The number of aromatic nitrogens is 1. The van der Waals surface area contributed by atoms with Crippen LogP contribution in [-0.2, 0) is 0 Å². The van der Waals surface area contributed by atoms with Gasteiger partial charge >= 0.3 is 0 Å². The van der Waals surface area contributed by atoms with Crippen molar-refractivity contribution in [3.05, 3.63) is 63.4 Å². The van der Waals surface area contributed by atoms with Crippen LogP contribution in [0.1, 0.15) is 0 Å². The van der Waals surface area contributed by atoms with E-state index in [1.54, 1.807) is 18.3 Å². The third-order valence-electron chi connectivity index (χ3n) is 2.82. The van der Waals surface area contributed by atoms with Gasteiger partial charge in [0.2, 0.25) is 5.88 Å². The summed E-state index contributed by atoms with van der Waals surface area (Å²) in [6, 6.07) is 12.2. The summed E-state index contributed by atoms with van der Waals surface area (Å²) in [5.74, 6) is 0.687. The zero-order valence-electron chi connectivity index (χ0n) is 10.1. The van der Waals surface area contributed by atoms with Gasteiger partial charge in [-0.3, -0.25) is 0 Å². The molecule has 0 spiro atoms. The van der Waals surface area contributed by atoms with E-state index >= 15 is 0 Å². The Morgan fingerprint density at radius 3 is 2.60 bits per heavy atom. The molecule has 0 aliphatic carbocycles. The Morgan fingerprint density at radius 2 is 1.80 bits per heavy atom. The Bertz CT molecular complexity index is 792. The highest BCUT2D eigenvalue weighted by atomic mass is 79.9. The zero-order valence-corrected chi connectivity index (χ0v) is 13.3. The van der Waals surface area contributed by atoms with Crippen molar-refractivity contribution in [1.29, 1.82) is 0 Å². The largest absolute Gasteiger partial charge is 0.438 e. The van der Waals surface area contributed by atoms with Gasteiger partial charge in [0.05, 0.1) is 4.47 Å². The van der Waals surface area contributed by atoms with E-state index in [0.29, 0.717) is 16.1 Å². The predicted molar refractivity (Wildman–Crippen MR) is 83.6 cm³/mol. The molecule has 0 bridgehead atoms. The lowest BCUT2D eigenvalue weighted by Gasteiger charge is -2.09. The third-order valence-corrected chi connectivity index (χ3v) is 4.12. The minimum absolute atomic E-state index is 0.328. The monoisotopic (exact) mass is 395 g/mol. The van der Waals surface area contributed by atoms with E-state index in [9.17, 15) is 4.39 Å². The van der Waals surface area contributed by atoms with Crippen molar-refractivity contribution >= 4 is 42.6 Å². The number of ether oxygens (including phenoxy) is 1. The first-order chi connectivity index (χ1) is 9.65. The number of hydrogen-bond donors (Lipinski definition) is 0. The van der Waals surface area contributed by atoms with Gasteiger partial charge in [0, 0.05) is 21.4 Å². The summed E-state index contributed by atoms with van der Waals surface area (Å²) in [5, 5.41) is 1.90. The highest BCUT2D eigenvalue weighted by Crippen LogP contribution is 2.32. The van der Waals surface area contributed by atoms with Crippen LogP contribution in [0.4, 0.5) is 4.39 Å². The van der Waals surface area contributed by atoms with Crippen molar-refractivity contribution in [2.45, 2.75) is 0 Å². The average Bonchev–Trinajstić information content (AvgIpc) is 2.44.